The Morgan fingerprint density at radius 1 is 1.19 bits per heavy atom. The zero-order chi connectivity index (χ0) is 18.2. The van der Waals surface area contributed by atoms with Crippen molar-refractivity contribution in [2.45, 2.75) is 18.9 Å². The molecule has 1 N–H and O–H groups in total. The van der Waals surface area contributed by atoms with E-state index in [0.717, 1.165) is 52.0 Å². The summed E-state index contributed by atoms with van der Waals surface area (Å²) in [4.78, 5) is 29.2. The van der Waals surface area contributed by atoms with Gasteiger partial charge in [-0.2, -0.15) is 0 Å². The Labute approximate surface area is 159 Å². The first-order valence-corrected chi connectivity index (χ1v) is 9.78. The van der Waals surface area contributed by atoms with Gasteiger partial charge in [0.1, 0.15) is 23.0 Å². The maximum Gasteiger partial charge on any atom is 0.247 e. The van der Waals surface area contributed by atoms with Crippen LogP contribution in [0, 0.1) is 0 Å². The molecule has 1 aliphatic rings. The highest BCUT2D eigenvalue weighted by molar-refractivity contribution is 7.16. The second kappa shape index (κ2) is 6.59. The first-order valence-electron chi connectivity index (χ1n) is 8.90. The highest BCUT2D eigenvalue weighted by atomic mass is 32.1. The number of aromatic nitrogens is 3. The van der Waals surface area contributed by atoms with Crippen molar-refractivity contribution in [3.63, 3.8) is 0 Å². The van der Waals surface area contributed by atoms with Crippen LogP contribution in [0.3, 0.4) is 0 Å². The fraction of sp³-hybridized carbons (Fsp3) is 0.200. The van der Waals surface area contributed by atoms with Gasteiger partial charge in [0.2, 0.25) is 5.91 Å². The van der Waals surface area contributed by atoms with E-state index in [0.29, 0.717) is 0 Å². The van der Waals surface area contributed by atoms with Gasteiger partial charge in [0.25, 0.3) is 0 Å². The fourth-order valence-corrected chi connectivity index (χ4v) is 4.40. The van der Waals surface area contributed by atoms with Crippen molar-refractivity contribution in [1.82, 2.24) is 15.0 Å². The van der Waals surface area contributed by atoms with Crippen LogP contribution >= 0.6 is 11.3 Å². The van der Waals surface area contributed by atoms with Crippen LogP contribution in [-0.2, 0) is 4.79 Å². The highest BCUT2D eigenvalue weighted by Crippen LogP contribution is 2.32. The van der Waals surface area contributed by atoms with E-state index in [2.05, 4.69) is 25.2 Å². The number of rotatable bonds is 3. The minimum Gasteiger partial charge on any atom is -0.344 e. The van der Waals surface area contributed by atoms with E-state index >= 15 is 0 Å². The van der Waals surface area contributed by atoms with Gasteiger partial charge in [0.05, 0.1) is 10.9 Å². The summed E-state index contributed by atoms with van der Waals surface area (Å²) in [6, 6.07) is 11.5. The molecule has 5 rings (SSSR count). The number of pyridine rings is 1. The van der Waals surface area contributed by atoms with E-state index < -0.39 is 0 Å². The SMILES string of the molecule is O=C(Nc1ccc2ncccc2c1)C1CCCN1c1ncnc2sccc12. The first-order chi connectivity index (χ1) is 13.3. The predicted molar refractivity (Wildman–Crippen MR) is 108 cm³/mol. The lowest BCUT2D eigenvalue weighted by Gasteiger charge is -2.25. The molecular weight excluding hydrogens is 358 g/mol. The maximum atomic E-state index is 13.0. The molecule has 1 saturated heterocycles. The van der Waals surface area contributed by atoms with E-state index in [-0.39, 0.29) is 11.9 Å². The molecule has 0 aliphatic carbocycles. The van der Waals surface area contributed by atoms with Crippen molar-refractivity contribution in [2.75, 3.05) is 16.8 Å². The average Bonchev–Trinajstić information content (AvgIpc) is 3.37. The zero-order valence-electron chi connectivity index (χ0n) is 14.5. The van der Waals surface area contributed by atoms with E-state index in [1.54, 1.807) is 23.9 Å². The number of hydrogen-bond donors (Lipinski definition) is 1. The Bertz CT molecular complexity index is 1140. The maximum absolute atomic E-state index is 13.0. The van der Waals surface area contributed by atoms with Gasteiger partial charge in [-0.15, -0.1) is 11.3 Å². The minimum absolute atomic E-state index is 0.00210. The van der Waals surface area contributed by atoms with Crippen LogP contribution in [0.5, 0.6) is 0 Å². The van der Waals surface area contributed by atoms with Gasteiger partial charge < -0.3 is 10.2 Å². The summed E-state index contributed by atoms with van der Waals surface area (Å²) in [5.41, 5.74) is 1.70. The Hall–Kier alpha value is -3.06. The number of nitrogens with zero attached hydrogens (tertiary/aromatic N) is 4. The van der Waals surface area contributed by atoms with Crippen molar-refractivity contribution in [3.05, 3.63) is 54.3 Å². The standard InChI is InChI=1S/C20H17N5OS/c26-19(24-14-5-6-16-13(11-14)3-1-8-21-16)17-4-2-9-25(17)18-15-7-10-27-20(15)23-12-22-18/h1,3,5-8,10-12,17H,2,4,9H2,(H,24,26). The minimum atomic E-state index is -0.229. The lowest BCUT2D eigenvalue weighted by molar-refractivity contribution is -0.117. The number of hydrogen-bond acceptors (Lipinski definition) is 6. The van der Waals surface area contributed by atoms with Crippen molar-refractivity contribution in [3.8, 4) is 0 Å². The summed E-state index contributed by atoms with van der Waals surface area (Å²) in [5, 5.41) is 7.10. The molecule has 0 bridgehead atoms. The second-order valence-electron chi connectivity index (χ2n) is 6.59. The van der Waals surface area contributed by atoms with Gasteiger partial charge in [0.15, 0.2) is 0 Å². The van der Waals surface area contributed by atoms with Crippen LogP contribution in [0.4, 0.5) is 11.5 Å². The number of amides is 1. The molecule has 0 radical (unpaired) electrons. The van der Waals surface area contributed by atoms with Crippen LogP contribution < -0.4 is 10.2 Å². The Balaban J connectivity index is 1.42. The average molecular weight is 375 g/mol. The zero-order valence-corrected chi connectivity index (χ0v) is 15.3. The molecule has 27 heavy (non-hydrogen) atoms. The molecule has 1 atom stereocenters. The molecule has 134 valence electrons. The third kappa shape index (κ3) is 2.90. The van der Waals surface area contributed by atoms with E-state index in [9.17, 15) is 4.79 Å². The van der Waals surface area contributed by atoms with Crippen molar-refractivity contribution < 1.29 is 4.79 Å². The van der Waals surface area contributed by atoms with Crippen molar-refractivity contribution in [2.24, 2.45) is 0 Å². The molecule has 0 saturated carbocycles. The molecule has 6 nitrogen and oxygen atoms in total. The molecule has 1 aliphatic heterocycles. The molecular formula is C20H17N5OS. The summed E-state index contributed by atoms with van der Waals surface area (Å²) in [7, 11) is 0. The number of carbonyl (C=O) groups is 1. The molecule has 3 aromatic heterocycles. The molecule has 7 heteroatoms. The molecule has 4 heterocycles. The topological polar surface area (TPSA) is 71.0 Å². The van der Waals surface area contributed by atoms with Gasteiger partial charge in [-0.1, -0.05) is 6.07 Å². The van der Waals surface area contributed by atoms with E-state index in [1.807, 2.05) is 41.8 Å². The Morgan fingerprint density at radius 2 is 2.15 bits per heavy atom. The van der Waals surface area contributed by atoms with Gasteiger partial charge in [-0.3, -0.25) is 9.78 Å². The number of benzene rings is 1. The smallest absolute Gasteiger partial charge is 0.247 e. The predicted octanol–water partition coefficient (Wildman–Crippen LogP) is 3.85. The van der Waals surface area contributed by atoms with Gasteiger partial charge in [-0.25, -0.2) is 9.97 Å². The monoisotopic (exact) mass is 375 g/mol. The quantitative estimate of drug-likeness (QED) is 0.589. The van der Waals surface area contributed by atoms with Crippen LogP contribution in [-0.4, -0.2) is 33.4 Å². The number of thiophene rings is 1. The van der Waals surface area contributed by atoms with Gasteiger partial charge in [0, 0.05) is 23.8 Å². The third-order valence-electron chi connectivity index (χ3n) is 4.94. The van der Waals surface area contributed by atoms with Crippen LogP contribution in [0.2, 0.25) is 0 Å². The van der Waals surface area contributed by atoms with Crippen LogP contribution in [0.1, 0.15) is 12.8 Å². The van der Waals surface area contributed by atoms with Crippen molar-refractivity contribution >= 4 is 49.9 Å². The summed E-state index contributed by atoms with van der Waals surface area (Å²) in [5.74, 6) is 0.847. The number of fused-ring (bicyclic) bond motifs is 2. The number of anilines is 2. The highest BCUT2D eigenvalue weighted by Gasteiger charge is 2.32. The number of carbonyl (C=O) groups excluding carboxylic acids is 1. The number of nitrogens with one attached hydrogen (secondary N) is 1. The Morgan fingerprint density at radius 3 is 3.11 bits per heavy atom. The molecule has 1 fully saturated rings. The van der Waals surface area contributed by atoms with Crippen molar-refractivity contribution in [1.29, 1.82) is 0 Å². The summed E-state index contributed by atoms with van der Waals surface area (Å²) in [6.07, 6.45) is 5.13. The Kier molecular flexibility index (Phi) is 3.94. The summed E-state index contributed by atoms with van der Waals surface area (Å²) >= 11 is 1.59. The largest absolute Gasteiger partial charge is 0.344 e. The molecule has 1 amide bonds. The second-order valence-corrected chi connectivity index (χ2v) is 7.48. The lowest BCUT2D eigenvalue weighted by Crippen LogP contribution is -2.40. The fourth-order valence-electron chi connectivity index (χ4n) is 3.68. The molecule has 1 unspecified atom stereocenters. The summed E-state index contributed by atoms with van der Waals surface area (Å²) < 4.78 is 0. The third-order valence-corrected chi connectivity index (χ3v) is 5.76. The van der Waals surface area contributed by atoms with Gasteiger partial charge >= 0.3 is 0 Å². The van der Waals surface area contributed by atoms with E-state index in [1.165, 1.54) is 0 Å². The van der Waals surface area contributed by atoms with E-state index in [4.69, 9.17) is 0 Å². The van der Waals surface area contributed by atoms with Gasteiger partial charge in [-0.05, 0) is 48.6 Å². The molecule has 4 aromatic rings. The normalized spacial score (nSPS) is 16.9. The summed E-state index contributed by atoms with van der Waals surface area (Å²) in [6.45, 7) is 0.821. The molecule has 0 spiro atoms. The van der Waals surface area contributed by atoms with Crippen LogP contribution in [0.25, 0.3) is 21.1 Å². The molecule has 1 aromatic carbocycles. The lowest BCUT2D eigenvalue weighted by atomic mass is 10.1. The first kappa shape index (κ1) is 16.1. The van der Waals surface area contributed by atoms with Crippen LogP contribution in [0.15, 0.2) is 54.3 Å².